The van der Waals surface area contributed by atoms with E-state index in [0.717, 1.165) is 0 Å². The first kappa shape index (κ1) is 11.6. The molecule has 1 heterocycles. The van der Waals surface area contributed by atoms with E-state index in [-0.39, 0.29) is 0 Å². The zero-order valence-electron chi connectivity index (χ0n) is 10.5. The molecular weight excluding hydrogens is 274 g/mol. The van der Waals surface area contributed by atoms with Crippen LogP contribution in [0.5, 0.6) is 0 Å². The second-order valence-electron chi connectivity index (χ2n) is 5.87. The van der Waals surface area contributed by atoms with E-state index >= 15 is 0 Å². The van der Waals surface area contributed by atoms with Gasteiger partial charge in [-0.3, -0.25) is 0 Å². The summed E-state index contributed by atoms with van der Waals surface area (Å²) in [4.78, 5) is 2.54. The van der Waals surface area contributed by atoms with Crippen LogP contribution in [0.2, 0.25) is 0 Å². The third-order valence-corrected chi connectivity index (χ3v) is 5.08. The number of aryl methyl sites for hydroxylation is 1. The Balaban J connectivity index is 1.74. The minimum absolute atomic E-state index is 0.668. The maximum Gasteiger partial charge on any atom is 0.0513 e. The number of anilines is 1. The molecule has 3 rings (SSSR count). The van der Waals surface area contributed by atoms with Crippen molar-refractivity contribution in [1.82, 2.24) is 0 Å². The van der Waals surface area contributed by atoms with Crippen LogP contribution in [0.1, 0.15) is 37.7 Å². The summed E-state index contributed by atoms with van der Waals surface area (Å²) < 4.78 is 1.24. The second-order valence-corrected chi connectivity index (χ2v) is 6.73. The number of halogens is 1. The van der Waals surface area contributed by atoms with Crippen molar-refractivity contribution < 1.29 is 0 Å². The van der Waals surface area contributed by atoms with E-state index in [4.69, 9.17) is 0 Å². The van der Waals surface area contributed by atoms with E-state index in [9.17, 15) is 0 Å². The smallest absolute Gasteiger partial charge is 0.0513 e. The minimum Gasteiger partial charge on any atom is -0.369 e. The average Bonchev–Trinajstić information content (AvgIpc) is 2.30. The van der Waals surface area contributed by atoms with Crippen molar-refractivity contribution in [1.29, 1.82) is 0 Å². The Hall–Kier alpha value is -0.500. The molecule has 1 nitrogen and oxygen atoms in total. The summed E-state index contributed by atoms with van der Waals surface area (Å²) >= 11 is 3.68. The lowest BCUT2D eigenvalue weighted by Crippen LogP contribution is -2.57. The summed E-state index contributed by atoms with van der Waals surface area (Å²) in [7, 11) is 0. The zero-order valence-corrected chi connectivity index (χ0v) is 12.1. The maximum atomic E-state index is 3.68. The molecule has 1 aromatic rings. The van der Waals surface area contributed by atoms with Crippen LogP contribution >= 0.6 is 15.9 Å². The van der Waals surface area contributed by atoms with Gasteiger partial charge < -0.3 is 4.90 Å². The molecule has 0 bridgehead atoms. The van der Waals surface area contributed by atoms with Crippen molar-refractivity contribution in [2.24, 2.45) is 5.41 Å². The van der Waals surface area contributed by atoms with Crippen LogP contribution in [0, 0.1) is 12.3 Å². The van der Waals surface area contributed by atoms with Crippen molar-refractivity contribution in [2.75, 3.05) is 18.0 Å². The molecule has 0 radical (unpaired) electrons. The Morgan fingerprint density at radius 1 is 1.12 bits per heavy atom. The van der Waals surface area contributed by atoms with Crippen molar-refractivity contribution in [3.05, 3.63) is 28.2 Å². The summed E-state index contributed by atoms with van der Waals surface area (Å²) in [6.07, 6.45) is 7.25. The number of nitrogens with zero attached hydrogens (tertiary/aromatic N) is 1. The Morgan fingerprint density at radius 3 is 2.53 bits per heavy atom. The van der Waals surface area contributed by atoms with Crippen LogP contribution in [-0.4, -0.2) is 13.1 Å². The minimum atomic E-state index is 0.668. The van der Waals surface area contributed by atoms with Gasteiger partial charge in [0.05, 0.1) is 5.69 Å². The number of rotatable bonds is 1. The molecule has 2 fully saturated rings. The van der Waals surface area contributed by atoms with Gasteiger partial charge >= 0.3 is 0 Å². The van der Waals surface area contributed by atoms with Gasteiger partial charge in [0.1, 0.15) is 0 Å². The SMILES string of the molecule is Cc1ccc(Br)c(N2CC3(CCCCC3)C2)c1. The van der Waals surface area contributed by atoms with Crippen molar-refractivity contribution in [3.8, 4) is 0 Å². The largest absolute Gasteiger partial charge is 0.369 e. The van der Waals surface area contributed by atoms with Crippen LogP contribution in [0.15, 0.2) is 22.7 Å². The van der Waals surface area contributed by atoms with Crippen LogP contribution in [0.25, 0.3) is 0 Å². The standard InChI is InChI=1S/C15H20BrN/c1-12-5-6-13(16)14(9-12)17-10-15(11-17)7-3-2-4-8-15/h5-6,9H,2-4,7-8,10-11H2,1H3. The van der Waals surface area contributed by atoms with Gasteiger partial charge in [-0.05, 0) is 53.4 Å². The van der Waals surface area contributed by atoms with Crippen molar-refractivity contribution in [3.63, 3.8) is 0 Å². The van der Waals surface area contributed by atoms with E-state index in [1.54, 1.807) is 0 Å². The van der Waals surface area contributed by atoms with Gasteiger partial charge in [0.15, 0.2) is 0 Å². The third-order valence-electron chi connectivity index (χ3n) is 4.41. The highest BCUT2D eigenvalue weighted by Crippen LogP contribution is 2.46. The summed E-state index contributed by atoms with van der Waals surface area (Å²) in [5.74, 6) is 0. The molecule has 0 unspecified atom stereocenters. The molecule has 92 valence electrons. The molecule has 1 aromatic carbocycles. The first-order valence-corrected chi connectivity index (χ1v) is 7.49. The van der Waals surface area contributed by atoms with Gasteiger partial charge in [0.2, 0.25) is 0 Å². The highest BCUT2D eigenvalue weighted by Gasteiger charge is 2.43. The molecule has 2 heteroatoms. The molecule has 0 N–H and O–H groups in total. The van der Waals surface area contributed by atoms with Gasteiger partial charge in [-0.25, -0.2) is 0 Å². The summed E-state index contributed by atoms with van der Waals surface area (Å²) in [5, 5.41) is 0. The van der Waals surface area contributed by atoms with E-state index in [0.29, 0.717) is 5.41 Å². The average molecular weight is 294 g/mol. The Morgan fingerprint density at radius 2 is 1.82 bits per heavy atom. The highest BCUT2D eigenvalue weighted by molar-refractivity contribution is 9.10. The molecule has 1 saturated heterocycles. The van der Waals surface area contributed by atoms with Crippen LogP contribution < -0.4 is 4.90 Å². The van der Waals surface area contributed by atoms with Crippen LogP contribution in [0.3, 0.4) is 0 Å². The third kappa shape index (κ3) is 2.12. The molecule has 1 aliphatic carbocycles. The van der Waals surface area contributed by atoms with Gasteiger partial charge in [-0.15, -0.1) is 0 Å². The first-order valence-electron chi connectivity index (χ1n) is 6.70. The maximum absolute atomic E-state index is 3.68. The first-order chi connectivity index (χ1) is 8.19. The van der Waals surface area contributed by atoms with Gasteiger partial charge in [-0.2, -0.15) is 0 Å². The van der Waals surface area contributed by atoms with Gasteiger partial charge in [0, 0.05) is 23.0 Å². The fourth-order valence-electron chi connectivity index (χ4n) is 3.42. The van der Waals surface area contributed by atoms with Gasteiger partial charge in [0.25, 0.3) is 0 Å². The molecule has 1 saturated carbocycles. The van der Waals surface area contributed by atoms with Crippen LogP contribution in [-0.2, 0) is 0 Å². The lowest BCUT2D eigenvalue weighted by Gasteiger charge is -2.54. The van der Waals surface area contributed by atoms with Crippen molar-refractivity contribution >= 4 is 21.6 Å². The lowest BCUT2D eigenvalue weighted by atomic mass is 9.68. The van der Waals surface area contributed by atoms with E-state index in [2.05, 4.69) is 46.0 Å². The van der Waals surface area contributed by atoms with Crippen molar-refractivity contribution in [2.45, 2.75) is 39.0 Å². The Kier molecular flexibility index (Phi) is 2.94. The molecule has 1 spiro atoms. The topological polar surface area (TPSA) is 3.24 Å². The normalized spacial score (nSPS) is 22.6. The number of benzene rings is 1. The quantitative estimate of drug-likeness (QED) is 0.735. The molecule has 0 amide bonds. The second kappa shape index (κ2) is 4.31. The molecule has 17 heavy (non-hydrogen) atoms. The van der Waals surface area contributed by atoms with Crippen LogP contribution in [0.4, 0.5) is 5.69 Å². The molecule has 0 aromatic heterocycles. The lowest BCUT2D eigenvalue weighted by molar-refractivity contribution is 0.139. The number of hydrogen-bond acceptors (Lipinski definition) is 1. The predicted octanol–water partition coefficient (Wildman–Crippen LogP) is 4.53. The summed E-state index contributed by atoms with van der Waals surface area (Å²) in [5.41, 5.74) is 3.41. The predicted molar refractivity (Wildman–Crippen MR) is 76.6 cm³/mol. The number of hydrogen-bond donors (Lipinski definition) is 0. The highest BCUT2D eigenvalue weighted by atomic mass is 79.9. The van der Waals surface area contributed by atoms with E-state index in [1.165, 1.54) is 60.9 Å². The van der Waals surface area contributed by atoms with Gasteiger partial charge in [-0.1, -0.05) is 25.3 Å². The zero-order chi connectivity index (χ0) is 11.9. The Bertz CT molecular complexity index is 413. The fraction of sp³-hybridized carbons (Fsp3) is 0.600. The molecule has 1 aliphatic heterocycles. The summed E-state index contributed by atoms with van der Waals surface area (Å²) in [6, 6.07) is 6.65. The molecule has 0 atom stereocenters. The molecular formula is C15H20BrN. The summed E-state index contributed by atoms with van der Waals surface area (Å²) in [6.45, 7) is 4.72. The fourth-order valence-corrected chi connectivity index (χ4v) is 3.91. The van der Waals surface area contributed by atoms with E-state index < -0.39 is 0 Å². The van der Waals surface area contributed by atoms with E-state index in [1.807, 2.05) is 0 Å². The monoisotopic (exact) mass is 293 g/mol. The Labute approximate surface area is 112 Å². The molecule has 2 aliphatic rings.